The molecule has 3 rings (SSSR count). The van der Waals surface area contributed by atoms with Crippen LogP contribution in [0.1, 0.15) is 22.5 Å². The Morgan fingerprint density at radius 2 is 1.90 bits per heavy atom. The van der Waals surface area contributed by atoms with Gasteiger partial charge in [0.25, 0.3) is 5.91 Å². The highest BCUT2D eigenvalue weighted by molar-refractivity contribution is 6.09. The van der Waals surface area contributed by atoms with Gasteiger partial charge in [-0.2, -0.15) is 5.26 Å². The Morgan fingerprint density at radius 1 is 1.16 bits per heavy atom. The third-order valence-corrected chi connectivity index (χ3v) is 4.87. The third-order valence-electron chi connectivity index (χ3n) is 4.87. The number of hydrogen-bond acceptors (Lipinski definition) is 3. The molecule has 31 heavy (non-hydrogen) atoms. The first-order chi connectivity index (χ1) is 14.9. The van der Waals surface area contributed by atoms with Crippen LogP contribution < -0.4 is 10.1 Å². The second kappa shape index (κ2) is 9.64. The summed E-state index contributed by atoms with van der Waals surface area (Å²) in [4.78, 5) is 12.6. The maximum absolute atomic E-state index is 12.6. The molecule has 0 unspecified atom stereocenters. The van der Waals surface area contributed by atoms with Crippen LogP contribution >= 0.6 is 0 Å². The van der Waals surface area contributed by atoms with E-state index in [2.05, 4.69) is 16.5 Å². The molecule has 1 aromatic heterocycles. The maximum Gasteiger partial charge on any atom is 0.266 e. The van der Waals surface area contributed by atoms with E-state index in [4.69, 9.17) is 4.74 Å². The zero-order valence-corrected chi connectivity index (χ0v) is 18.0. The number of benzene rings is 2. The topological polar surface area (TPSA) is 67.0 Å². The fourth-order valence-electron chi connectivity index (χ4n) is 3.40. The average molecular weight is 412 g/mol. The van der Waals surface area contributed by atoms with Crippen molar-refractivity contribution in [2.75, 3.05) is 11.9 Å². The number of carbonyl (C=O) groups excluding carboxylic acids is 1. The van der Waals surface area contributed by atoms with Gasteiger partial charge in [0.2, 0.25) is 0 Å². The number of aryl methyl sites for hydroxylation is 2. The molecule has 156 valence electrons. The van der Waals surface area contributed by atoms with Crippen molar-refractivity contribution in [2.45, 2.75) is 20.8 Å². The molecule has 5 nitrogen and oxygen atoms in total. The van der Waals surface area contributed by atoms with E-state index in [1.54, 1.807) is 18.2 Å². The van der Waals surface area contributed by atoms with Gasteiger partial charge in [0.1, 0.15) is 24.0 Å². The number of nitrogens with one attached hydrogen (secondary N) is 1. The lowest BCUT2D eigenvalue weighted by Crippen LogP contribution is -2.13. The van der Waals surface area contributed by atoms with Crippen LogP contribution in [0.3, 0.4) is 0 Å². The van der Waals surface area contributed by atoms with Crippen LogP contribution in [0.4, 0.5) is 5.69 Å². The number of hydrogen-bond donors (Lipinski definition) is 1. The standard InChI is InChI=1S/C26H25N3O2/c1-5-13-31-25-11-9-24(10-12-25)29-19(3)15-21(20(29)4)16-22(17-27)26(30)28-23-8-6-7-18(2)14-23/h5-12,14-16H,1,13H2,2-4H3,(H,28,30)/b22-16-. The number of amides is 1. The molecule has 0 atom stereocenters. The molecular weight excluding hydrogens is 386 g/mol. The minimum absolute atomic E-state index is 0.0509. The summed E-state index contributed by atoms with van der Waals surface area (Å²) in [6, 6.07) is 19.2. The molecular formula is C26H25N3O2. The van der Waals surface area contributed by atoms with Gasteiger partial charge in [-0.1, -0.05) is 24.8 Å². The molecule has 0 saturated heterocycles. The quantitative estimate of drug-likeness (QED) is 0.316. The van der Waals surface area contributed by atoms with E-state index in [0.29, 0.717) is 12.3 Å². The van der Waals surface area contributed by atoms with Crippen molar-refractivity contribution >= 4 is 17.7 Å². The van der Waals surface area contributed by atoms with Crippen LogP contribution in [0, 0.1) is 32.1 Å². The van der Waals surface area contributed by atoms with E-state index in [9.17, 15) is 10.1 Å². The Labute approximate surface area is 182 Å². The van der Waals surface area contributed by atoms with Gasteiger partial charge < -0.3 is 14.6 Å². The van der Waals surface area contributed by atoms with E-state index in [0.717, 1.165) is 34.0 Å². The Morgan fingerprint density at radius 3 is 2.55 bits per heavy atom. The molecule has 0 saturated carbocycles. The second-order valence-electron chi connectivity index (χ2n) is 7.25. The lowest BCUT2D eigenvalue weighted by molar-refractivity contribution is -0.112. The summed E-state index contributed by atoms with van der Waals surface area (Å²) < 4.78 is 7.62. The zero-order valence-electron chi connectivity index (χ0n) is 18.0. The molecule has 0 bridgehead atoms. The summed E-state index contributed by atoms with van der Waals surface area (Å²) in [7, 11) is 0. The second-order valence-corrected chi connectivity index (χ2v) is 7.25. The minimum atomic E-state index is -0.429. The van der Waals surface area contributed by atoms with Gasteiger partial charge in [-0.05, 0) is 80.4 Å². The first-order valence-corrected chi connectivity index (χ1v) is 9.96. The number of carbonyl (C=O) groups is 1. The van der Waals surface area contributed by atoms with Gasteiger partial charge in [0.05, 0.1) is 0 Å². The van der Waals surface area contributed by atoms with Crippen LogP contribution in [-0.2, 0) is 4.79 Å². The number of aromatic nitrogens is 1. The molecule has 1 heterocycles. The highest BCUT2D eigenvalue weighted by atomic mass is 16.5. The fourth-order valence-corrected chi connectivity index (χ4v) is 3.40. The van der Waals surface area contributed by atoms with Crippen molar-refractivity contribution in [1.29, 1.82) is 5.26 Å². The minimum Gasteiger partial charge on any atom is -0.490 e. The van der Waals surface area contributed by atoms with Crippen molar-refractivity contribution in [3.05, 3.63) is 95.3 Å². The Balaban J connectivity index is 1.87. The normalized spacial score (nSPS) is 11.0. The molecule has 0 aliphatic carbocycles. The number of ether oxygens (including phenoxy) is 1. The largest absolute Gasteiger partial charge is 0.490 e. The molecule has 5 heteroatoms. The van der Waals surface area contributed by atoms with Crippen LogP contribution in [0.2, 0.25) is 0 Å². The zero-order chi connectivity index (χ0) is 22.4. The Bertz CT molecular complexity index is 1180. The smallest absolute Gasteiger partial charge is 0.266 e. The summed E-state index contributed by atoms with van der Waals surface area (Å²) >= 11 is 0. The van der Waals surface area contributed by atoms with Crippen LogP contribution in [0.5, 0.6) is 5.75 Å². The van der Waals surface area contributed by atoms with Crippen molar-refractivity contribution in [3.8, 4) is 17.5 Å². The number of anilines is 1. The Kier molecular flexibility index (Phi) is 6.74. The maximum atomic E-state index is 12.6. The SMILES string of the molecule is C=CCOc1ccc(-n2c(C)cc(/C=C(/C#N)C(=O)Nc3cccc(C)c3)c2C)cc1. The van der Waals surface area contributed by atoms with Crippen molar-refractivity contribution < 1.29 is 9.53 Å². The highest BCUT2D eigenvalue weighted by Crippen LogP contribution is 2.25. The first kappa shape index (κ1) is 21.7. The van der Waals surface area contributed by atoms with Gasteiger partial charge in [0, 0.05) is 22.8 Å². The molecule has 0 fully saturated rings. The number of nitrogens with zero attached hydrogens (tertiary/aromatic N) is 2. The van der Waals surface area contributed by atoms with Gasteiger partial charge in [-0.15, -0.1) is 0 Å². The predicted octanol–water partition coefficient (Wildman–Crippen LogP) is 5.51. The predicted molar refractivity (Wildman–Crippen MR) is 124 cm³/mol. The van der Waals surface area contributed by atoms with Gasteiger partial charge in [-0.3, -0.25) is 4.79 Å². The summed E-state index contributed by atoms with van der Waals surface area (Å²) in [5.41, 5.74) is 5.48. The molecule has 3 aromatic rings. The van der Waals surface area contributed by atoms with Crippen LogP contribution in [0.15, 0.2) is 72.8 Å². The summed E-state index contributed by atoms with van der Waals surface area (Å²) in [6.07, 6.45) is 3.33. The van der Waals surface area contributed by atoms with E-state index in [-0.39, 0.29) is 5.57 Å². The van der Waals surface area contributed by atoms with Gasteiger partial charge in [0.15, 0.2) is 0 Å². The molecule has 1 N–H and O–H groups in total. The number of rotatable bonds is 7. The first-order valence-electron chi connectivity index (χ1n) is 9.96. The molecule has 0 spiro atoms. The molecule has 0 aliphatic heterocycles. The Hall–Kier alpha value is -4.04. The lowest BCUT2D eigenvalue weighted by Gasteiger charge is -2.11. The molecule has 1 amide bonds. The van der Waals surface area contributed by atoms with E-state index in [1.807, 2.05) is 75.4 Å². The van der Waals surface area contributed by atoms with Crippen LogP contribution in [0.25, 0.3) is 11.8 Å². The van der Waals surface area contributed by atoms with E-state index in [1.165, 1.54) is 0 Å². The van der Waals surface area contributed by atoms with E-state index >= 15 is 0 Å². The van der Waals surface area contributed by atoms with Crippen LogP contribution in [-0.4, -0.2) is 17.1 Å². The lowest BCUT2D eigenvalue weighted by atomic mass is 10.1. The summed E-state index contributed by atoms with van der Waals surface area (Å²) in [5, 5.41) is 12.4. The van der Waals surface area contributed by atoms with Crippen molar-refractivity contribution in [2.24, 2.45) is 0 Å². The molecule has 2 aromatic carbocycles. The summed E-state index contributed by atoms with van der Waals surface area (Å²) in [5.74, 6) is 0.340. The molecule has 0 radical (unpaired) electrons. The number of nitriles is 1. The monoisotopic (exact) mass is 411 g/mol. The van der Waals surface area contributed by atoms with E-state index < -0.39 is 5.91 Å². The van der Waals surface area contributed by atoms with Crippen molar-refractivity contribution in [1.82, 2.24) is 4.57 Å². The van der Waals surface area contributed by atoms with Gasteiger partial charge >= 0.3 is 0 Å². The van der Waals surface area contributed by atoms with Crippen molar-refractivity contribution in [3.63, 3.8) is 0 Å². The summed E-state index contributed by atoms with van der Waals surface area (Å²) in [6.45, 7) is 10.0. The van der Waals surface area contributed by atoms with Gasteiger partial charge in [-0.25, -0.2) is 0 Å². The highest BCUT2D eigenvalue weighted by Gasteiger charge is 2.14. The molecule has 0 aliphatic rings. The fraction of sp³-hybridized carbons (Fsp3) is 0.154. The third kappa shape index (κ3) is 5.12. The average Bonchev–Trinajstić information content (AvgIpc) is 3.03.